The lowest BCUT2D eigenvalue weighted by molar-refractivity contribution is -0.0867. The minimum absolute atomic E-state index is 0.0776. The predicted molar refractivity (Wildman–Crippen MR) is 71.4 cm³/mol. The van der Waals surface area contributed by atoms with Crippen molar-refractivity contribution >= 4 is 0 Å². The molecule has 1 aliphatic rings. The van der Waals surface area contributed by atoms with Gasteiger partial charge in [-0.2, -0.15) is 0 Å². The summed E-state index contributed by atoms with van der Waals surface area (Å²) in [6, 6.07) is 0. The molecule has 0 radical (unpaired) electrons. The molecule has 0 bridgehead atoms. The van der Waals surface area contributed by atoms with Gasteiger partial charge in [0.1, 0.15) is 0 Å². The molecule has 0 amide bonds. The van der Waals surface area contributed by atoms with E-state index >= 15 is 0 Å². The zero-order valence-corrected chi connectivity index (χ0v) is 11.8. The van der Waals surface area contributed by atoms with E-state index in [4.69, 9.17) is 9.47 Å². The van der Waals surface area contributed by atoms with Crippen LogP contribution in [0.15, 0.2) is 0 Å². The lowest BCUT2D eigenvalue weighted by atomic mass is 9.84. The average Bonchev–Trinajstić information content (AvgIpc) is 2.30. The lowest BCUT2D eigenvalue weighted by Gasteiger charge is -2.37. The highest BCUT2D eigenvalue weighted by atomic mass is 16.5. The van der Waals surface area contributed by atoms with Gasteiger partial charge >= 0.3 is 0 Å². The maximum atomic E-state index is 6.11. The van der Waals surface area contributed by atoms with Gasteiger partial charge in [-0.3, -0.25) is 0 Å². The fraction of sp³-hybridized carbons (Fsp3) is 1.00. The Balaban J connectivity index is 2.20. The van der Waals surface area contributed by atoms with Gasteiger partial charge in [-0.1, -0.05) is 33.1 Å². The third-order valence-electron chi connectivity index (χ3n) is 3.35. The Morgan fingerprint density at radius 1 is 1.12 bits per heavy atom. The number of ether oxygens (including phenoxy) is 2. The lowest BCUT2D eigenvalue weighted by Crippen LogP contribution is -2.44. The van der Waals surface area contributed by atoms with E-state index in [1.807, 2.05) is 7.05 Å². The number of rotatable bonds is 8. The molecular formula is C14H29NO2. The molecule has 0 heterocycles. The standard InChI is InChI=1S/C14H29NO2/c1-13(2)11-16-9-10-17-14(12-15-3)7-5-4-6-8-14/h13,15H,4-12H2,1-3H3. The van der Waals surface area contributed by atoms with Gasteiger partial charge in [-0.15, -0.1) is 0 Å². The Bertz CT molecular complexity index is 183. The minimum Gasteiger partial charge on any atom is -0.379 e. The molecule has 3 nitrogen and oxygen atoms in total. The van der Waals surface area contributed by atoms with Crippen molar-refractivity contribution in [1.82, 2.24) is 5.32 Å². The first kappa shape index (κ1) is 14.9. The van der Waals surface area contributed by atoms with Crippen LogP contribution in [0, 0.1) is 5.92 Å². The third kappa shape index (κ3) is 5.84. The minimum atomic E-state index is 0.0776. The number of hydrogen-bond donors (Lipinski definition) is 1. The maximum absolute atomic E-state index is 6.11. The van der Waals surface area contributed by atoms with Crippen LogP contribution in [-0.2, 0) is 9.47 Å². The monoisotopic (exact) mass is 243 g/mol. The van der Waals surface area contributed by atoms with Crippen molar-refractivity contribution in [3.8, 4) is 0 Å². The second-order valence-corrected chi connectivity index (χ2v) is 5.59. The van der Waals surface area contributed by atoms with Gasteiger partial charge in [0.15, 0.2) is 0 Å². The van der Waals surface area contributed by atoms with Gasteiger partial charge in [0, 0.05) is 13.2 Å². The predicted octanol–water partition coefficient (Wildman–Crippen LogP) is 2.60. The van der Waals surface area contributed by atoms with Crippen LogP contribution in [-0.4, -0.2) is 39.0 Å². The summed E-state index contributed by atoms with van der Waals surface area (Å²) >= 11 is 0. The van der Waals surface area contributed by atoms with E-state index in [-0.39, 0.29) is 5.60 Å². The summed E-state index contributed by atoms with van der Waals surface area (Å²) in [7, 11) is 2.01. The first-order chi connectivity index (χ1) is 8.18. The molecule has 0 aromatic carbocycles. The van der Waals surface area contributed by atoms with E-state index in [1.54, 1.807) is 0 Å². The SMILES string of the molecule is CNCC1(OCCOCC(C)C)CCCCC1. The molecule has 1 aliphatic carbocycles. The van der Waals surface area contributed by atoms with E-state index in [9.17, 15) is 0 Å². The molecule has 1 N–H and O–H groups in total. The summed E-state index contributed by atoms with van der Waals surface area (Å²) in [6.07, 6.45) is 6.35. The maximum Gasteiger partial charge on any atom is 0.0807 e. The smallest absolute Gasteiger partial charge is 0.0807 e. The molecule has 0 saturated heterocycles. The quantitative estimate of drug-likeness (QED) is 0.665. The summed E-state index contributed by atoms with van der Waals surface area (Å²) < 4.78 is 11.7. The summed E-state index contributed by atoms with van der Waals surface area (Å²) in [5.41, 5.74) is 0.0776. The molecule has 0 atom stereocenters. The molecule has 0 aliphatic heterocycles. The average molecular weight is 243 g/mol. The van der Waals surface area contributed by atoms with Crippen LogP contribution in [0.3, 0.4) is 0 Å². The summed E-state index contributed by atoms with van der Waals surface area (Å²) in [4.78, 5) is 0. The molecule has 1 saturated carbocycles. The van der Waals surface area contributed by atoms with Crippen molar-refractivity contribution in [3.05, 3.63) is 0 Å². The third-order valence-corrected chi connectivity index (χ3v) is 3.35. The summed E-state index contributed by atoms with van der Waals surface area (Å²) in [5, 5.41) is 3.27. The Hall–Kier alpha value is -0.120. The van der Waals surface area contributed by atoms with Crippen molar-refractivity contribution in [2.75, 3.05) is 33.4 Å². The van der Waals surface area contributed by atoms with Gasteiger partial charge in [0.2, 0.25) is 0 Å². The molecule has 17 heavy (non-hydrogen) atoms. The zero-order valence-electron chi connectivity index (χ0n) is 11.8. The number of nitrogens with one attached hydrogen (secondary N) is 1. The van der Waals surface area contributed by atoms with E-state index in [1.165, 1.54) is 32.1 Å². The molecule has 0 aromatic rings. The van der Waals surface area contributed by atoms with Crippen molar-refractivity contribution < 1.29 is 9.47 Å². The van der Waals surface area contributed by atoms with Gasteiger partial charge in [0.05, 0.1) is 18.8 Å². The second-order valence-electron chi connectivity index (χ2n) is 5.59. The second kappa shape index (κ2) is 8.06. The summed E-state index contributed by atoms with van der Waals surface area (Å²) in [6.45, 7) is 7.60. The van der Waals surface area contributed by atoms with Crippen molar-refractivity contribution in [2.45, 2.75) is 51.6 Å². The van der Waals surface area contributed by atoms with Gasteiger partial charge < -0.3 is 14.8 Å². The van der Waals surface area contributed by atoms with Gasteiger partial charge in [0.25, 0.3) is 0 Å². The molecule has 3 heteroatoms. The molecule has 1 rings (SSSR count). The number of likely N-dealkylation sites (N-methyl/N-ethyl adjacent to an activating group) is 1. The van der Waals surface area contributed by atoms with E-state index < -0.39 is 0 Å². The van der Waals surface area contributed by atoms with Crippen LogP contribution in [0.4, 0.5) is 0 Å². The Labute approximate surface area is 106 Å². The zero-order chi connectivity index (χ0) is 12.6. The molecule has 0 unspecified atom stereocenters. The summed E-state index contributed by atoms with van der Waals surface area (Å²) in [5.74, 6) is 0.607. The molecular weight excluding hydrogens is 214 g/mol. The largest absolute Gasteiger partial charge is 0.379 e. The van der Waals surface area contributed by atoms with Gasteiger partial charge in [-0.25, -0.2) is 0 Å². The first-order valence-corrected chi connectivity index (χ1v) is 7.05. The van der Waals surface area contributed by atoms with E-state index in [0.29, 0.717) is 5.92 Å². The van der Waals surface area contributed by atoms with Crippen molar-refractivity contribution in [3.63, 3.8) is 0 Å². The highest BCUT2D eigenvalue weighted by Crippen LogP contribution is 2.30. The fourth-order valence-corrected chi connectivity index (χ4v) is 2.53. The van der Waals surface area contributed by atoms with Gasteiger partial charge in [-0.05, 0) is 25.8 Å². The Kier molecular flexibility index (Phi) is 7.09. The fourth-order valence-electron chi connectivity index (χ4n) is 2.53. The van der Waals surface area contributed by atoms with E-state index in [0.717, 1.165) is 26.4 Å². The Morgan fingerprint density at radius 3 is 2.41 bits per heavy atom. The van der Waals surface area contributed by atoms with Crippen molar-refractivity contribution in [2.24, 2.45) is 5.92 Å². The van der Waals surface area contributed by atoms with Crippen molar-refractivity contribution in [1.29, 1.82) is 0 Å². The van der Waals surface area contributed by atoms with Crippen LogP contribution in [0.25, 0.3) is 0 Å². The molecule has 0 aromatic heterocycles. The van der Waals surface area contributed by atoms with Crippen LogP contribution >= 0.6 is 0 Å². The Morgan fingerprint density at radius 2 is 1.82 bits per heavy atom. The van der Waals surface area contributed by atoms with Crippen LogP contribution in [0.2, 0.25) is 0 Å². The first-order valence-electron chi connectivity index (χ1n) is 7.05. The highest BCUT2D eigenvalue weighted by molar-refractivity contribution is 4.86. The van der Waals surface area contributed by atoms with E-state index in [2.05, 4.69) is 19.2 Å². The topological polar surface area (TPSA) is 30.5 Å². The molecule has 0 spiro atoms. The molecule has 102 valence electrons. The van der Waals surface area contributed by atoms with Crippen LogP contribution < -0.4 is 5.32 Å². The molecule has 1 fully saturated rings. The van der Waals surface area contributed by atoms with Crippen LogP contribution in [0.5, 0.6) is 0 Å². The van der Waals surface area contributed by atoms with Crippen LogP contribution in [0.1, 0.15) is 46.0 Å². The normalized spacial score (nSPS) is 19.8. The number of hydrogen-bond acceptors (Lipinski definition) is 3. The highest BCUT2D eigenvalue weighted by Gasteiger charge is 2.31.